The second kappa shape index (κ2) is 8.54. The van der Waals surface area contributed by atoms with E-state index in [4.69, 9.17) is 4.98 Å². The summed E-state index contributed by atoms with van der Waals surface area (Å²) in [4.78, 5) is 14.1. The maximum atomic E-state index is 5.01. The molecule has 6 aromatic rings. The van der Waals surface area contributed by atoms with E-state index < -0.39 is 0 Å². The van der Waals surface area contributed by atoms with Crippen molar-refractivity contribution in [1.29, 1.82) is 0 Å². The minimum atomic E-state index is 0.726. The van der Waals surface area contributed by atoms with Crippen molar-refractivity contribution in [3.05, 3.63) is 121 Å². The number of rotatable bonds is 3. The summed E-state index contributed by atoms with van der Waals surface area (Å²) in [5.41, 5.74) is 7.98. The van der Waals surface area contributed by atoms with E-state index >= 15 is 0 Å². The molecule has 0 unspecified atom stereocenters. The van der Waals surface area contributed by atoms with Crippen LogP contribution in [-0.2, 0) is 6.42 Å². The molecule has 0 saturated carbocycles. The van der Waals surface area contributed by atoms with Crippen LogP contribution in [0.25, 0.3) is 61.4 Å². The van der Waals surface area contributed by atoms with E-state index in [1.165, 1.54) is 38.2 Å². The number of hydrogen-bond donors (Lipinski definition) is 0. The number of aryl methyl sites for hydroxylation is 1. The van der Waals surface area contributed by atoms with Crippen molar-refractivity contribution in [1.82, 2.24) is 15.0 Å². The van der Waals surface area contributed by atoms with Gasteiger partial charge in [-0.15, -0.1) is 0 Å². The Morgan fingerprint density at radius 3 is 2.33 bits per heavy atom. The Kier molecular flexibility index (Phi) is 4.92. The highest BCUT2D eigenvalue weighted by molar-refractivity contribution is 6.13. The Hall–Kier alpha value is -4.63. The van der Waals surface area contributed by atoms with Crippen molar-refractivity contribution < 1.29 is 0 Å². The number of aromatic nitrogens is 3. The van der Waals surface area contributed by atoms with E-state index in [0.29, 0.717) is 0 Å². The lowest BCUT2D eigenvalue weighted by Crippen LogP contribution is -1.98. The standard InChI is InChI=1S/C33H23N3/c1-3-9-26-24(7-1)19-30(29-12-6-5-11-28(26)29)32-17-18-35-33(36-32)23-15-13-22(14-16-23)31-21-34-20-25-8-2-4-10-27(25)31/h1,3-7,9-21H,2,8H2. The highest BCUT2D eigenvalue weighted by Gasteiger charge is 2.13. The molecule has 7 rings (SSSR count). The third kappa shape index (κ3) is 3.48. The van der Waals surface area contributed by atoms with Crippen LogP contribution in [0.4, 0.5) is 0 Å². The monoisotopic (exact) mass is 461 g/mol. The third-order valence-corrected chi connectivity index (χ3v) is 7.09. The summed E-state index contributed by atoms with van der Waals surface area (Å²) < 4.78 is 0. The van der Waals surface area contributed by atoms with Gasteiger partial charge in [-0.25, -0.2) is 9.97 Å². The first-order valence-corrected chi connectivity index (χ1v) is 12.3. The van der Waals surface area contributed by atoms with Gasteiger partial charge in [0, 0.05) is 35.3 Å². The first kappa shape index (κ1) is 20.7. The van der Waals surface area contributed by atoms with Gasteiger partial charge in [0.25, 0.3) is 0 Å². The van der Waals surface area contributed by atoms with E-state index in [1.54, 1.807) is 0 Å². The minimum absolute atomic E-state index is 0.726. The van der Waals surface area contributed by atoms with Crippen molar-refractivity contribution in [2.75, 3.05) is 0 Å². The van der Waals surface area contributed by atoms with Crippen molar-refractivity contribution in [3.8, 4) is 33.8 Å². The molecular weight excluding hydrogens is 438 g/mol. The molecule has 0 atom stereocenters. The molecule has 2 heterocycles. The molecule has 4 aromatic carbocycles. The highest BCUT2D eigenvalue weighted by Crippen LogP contribution is 2.35. The fourth-order valence-corrected chi connectivity index (χ4v) is 5.29. The number of fused-ring (bicyclic) bond motifs is 4. The van der Waals surface area contributed by atoms with Gasteiger partial charge < -0.3 is 0 Å². The van der Waals surface area contributed by atoms with E-state index in [0.717, 1.165) is 41.1 Å². The summed E-state index contributed by atoms with van der Waals surface area (Å²) >= 11 is 0. The first-order valence-electron chi connectivity index (χ1n) is 12.3. The number of pyridine rings is 1. The van der Waals surface area contributed by atoms with Crippen LogP contribution >= 0.6 is 0 Å². The quantitative estimate of drug-likeness (QED) is 0.250. The summed E-state index contributed by atoms with van der Waals surface area (Å²) in [5.74, 6) is 0.726. The van der Waals surface area contributed by atoms with Crippen LogP contribution in [0.3, 0.4) is 0 Å². The van der Waals surface area contributed by atoms with Gasteiger partial charge in [0.1, 0.15) is 0 Å². The Morgan fingerprint density at radius 1 is 0.667 bits per heavy atom. The van der Waals surface area contributed by atoms with Crippen LogP contribution < -0.4 is 0 Å². The normalized spacial score (nSPS) is 12.7. The summed E-state index contributed by atoms with van der Waals surface area (Å²) in [6.07, 6.45) is 12.4. The molecule has 36 heavy (non-hydrogen) atoms. The zero-order valence-electron chi connectivity index (χ0n) is 19.7. The van der Waals surface area contributed by atoms with Crippen LogP contribution in [0.15, 0.2) is 110 Å². The molecule has 2 aromatic heterocycles. The van der Waals surface area contributed by atoms with Gasteiger partial charge in [-0.1, -0.05) is 84.9 Å². The average Bonchev–Trinajstić information content (AvgIpc) is 2.96. The van der Waals surface area contributed by atoms with Gasteiger partial charge in [0.05, 0.1) is 5.69 Å². The zero-order valence-corrected chi connectivity index (χ0v) is 19.7. The molecule has 170 valence electrons. The molecule has 0 spiro atoms. The summed E-state index contributed by atoms with van der Waals surface area (Å²) in [6.45, 7) is 0. The third-order valence-electron chi connectivity index (χ3n) is 7.09. The molecule has 0 radical (unpaired) electrons. The van der Waals surface area contributed by atoms with Crippen LogP contribution in [0.5, 0.6) is 0 Å². The zero-order chi connectivity index (χ0) is 23.9. The molecule has 3 nitrogen and oxygen atoms in total. The lowest BCUT2D eigenvalue weighted by Gasteiger charge is -2.14. The van der Waals surface area contributed by atoms with E-state index in [-0.39, 0.29) is 0 Å². The predicted octanol–water partition coefficient (Wildman–Crippen LogP) is 8.14. The average molecular weight is 462 g/mol. The fourth-order valence-electron chi connectivity index (χ4n) is 5.29. The van der Waals surface area contributed by atoms with Crippen LogP contribution in [0.1, 0.15) is 17.5 Å². The Balaban J connectivity index is 1.30. The maximum Gasteiger partial charge on any atom is 0.159 e. The van der Waals surface area contributed by atoms with E-state index in [1.807, 2.05) is 24.7 Å². The minimum Gasteiger partial charge on any atom is -0.264 e. The van der Waals surface area contributed by atoms with Gasteiger partial charge in [0.15, 0.2) is 5.82 Å². The van der Waals surface area contributed by atoms with E-state index in [9.17, 15) is 0 Å². The van der Waals surface area contributed by atoms with Crippen molar-refractivity contribution >= 4 is 27.6 Å². The molecule has 0 aliphatic heterocycles. The van der Waals surface area contributed by atoms with Gasteiger partial charge in [-0.2, -0.15) is 0 Å². The Bertz CT molecular complexity index is 1780. The molecule has 0 saturated heterocycles. The fraction of sp³-hybridized carbons (Fsp3) is 0.0606. The van der Waals surface area contributed by atoms with E-state index in [2.05, 4.69) is 101 Å². The van der Waals surface area contributed by atoms with Crippen LogP contribution in [0, 0.1) is 0 Å². The van der Waals surface area contributed by atoms with Gasteiger partial charge >= 0.3 is 0 Å². The number of nitrogens with zero attached hydrogens (tertiary/aromatic N) is 3. The molecule has 0 amide bonds. The Morgan fingerprint density at radius 2 is 1.44 bits per heavy atom. The van der Waals surface area contributed by atoms with Crippen molar-refractivity contribution in [2.24, 2.45) is 0 Å². The molecule has 1 aliphatic carbocycles. The maximum absolute atomic E-state index is 5.01. The Labute approximate surface area is 209 Å². The second-order valence-corrected chi connectivity index (χ2v) is 9.23. The topological polar surface area (TPSA) is 38.7 Å². The summed E-state index contributed by atoms with van der Waals surface area (Å²) in [6, 6.07) is 29.8. The summed E-state index contributed by atoms with van der Waals surface area (Å²) in [7, 11) is 0. The largest absolute Gasteiger partial charge is 0.264 e. The lowest BCUT2D eigenvalue weighted by molar-refractivity contribution is 0.972. The van der Waals surface area contributed by atoms with Crippen LogP contribution in [-0.4, -0.2) is 15.0 Å². The smallest absolute Gasteiger partial charge is 0.159 e. The van der Waals surface area contributed by atoms with Crippen LogP contribution in [0.2, 0.25) is 0 Å². The first-order chi connectivity index (χ1) is 17.8. The number of hydrogen-bond acceptors (Lipinski definition) is 3. The highest BCUT2D eigenvalue weighted by atomic mass is 14.9. The van der Waals surface area contributed by atoms with Gasteiger partial charge in [0.2, 0.25) is 0 Å². The van der Waals surface area contributed by atoms with Gasteiger partial charge in [-0.05, 0) is 63.2 Å². The molecule has 3 heteroatoms. The summed E-state index contributed by atoms with van der Waals surface area (Å²) in [5, 5.41) is 4.91. The number of benzene rings is 4. The predicted molar refractivity (Wildman–Crippen MR) is 149 cm³/mol. The molecule has 0 bridgehead atoms. The molecule has 1 aliphatic rings. The lowest BCUT2D eigenvalue weighted by atomic mass is 9.92. The molecule has 0 N–H and O–H groups in total. The number of allylic oxidation sites excluding steroid dienone is 1. The molecular formula is C33H23N3. The second-order valence-electron chi connectivity index (χ2n) is 9.23. The van der Waals surface area contributed by atoms with Gasteiger partial charge in [-0.3, -0.25) is 4.98 Å². The SMILES string of the molecule is C1=Cc2c(cncc2-c2ccc(-c3nccc(-c4cc5ccccc5c5ccccc45)n3)cc2)CC1. The van der Waals surface area contributed by atoms with Crippen molar-refractivity contribution in [3.63, 3.8) is 0 Å². The molecule has 0 fully saturated rings. The van der Waals surface area contributed by atoms with Crippen molar-refractivity contribution in [2.45, 2.75) is 12.8 Å².